The summed E-state index contributed by atoms with van der Waals surface area (Å²) < 4.78 is 41.2. The average Bonchev–Trinajstić information content (AvgIpc) is 3.40. The topological polar surface area (TPSA) is 45.5 Å². The van der Waals surface area contributed by atoms with Gasteiger partial charge in [0.15, 0.2) is 5.65 Å². The number of thiophene rings is 1. The molecule has 5 nitrogen and oxygen atoms in total. The second kappa shape index (κ2) is 8.31. The van der Waals surface area contributed by atoms with Gasteiger partial charge in [-0.1, -0.05) is 12.6 Å². The molecule has 1 aliphatic heterocycles. The van der Waals surface area contributed by atoms with Crippen molar-refractivity contribution < 1.29 is 13.2 Å². The smallest absolute Gasteiger partial charge is 0.355 e. The van der Waals surface area contributed by atoms with E-state index in [1.54, 1.807) is 29.8 Å². The van der Waals surface area contributed by atoms with E-state index in [0.29, 0.717) is 11.4 Å². The number of imidazole rings is 1. The fourth-order valence-corrected chi connectivity index (χ4v) is 5.55. The summed E-state index contributed by atoms with van der Waals surface area (Å²) in [7, 11) is 0. The van der Waals surface area contributed by atoms with E-state index in [4.69, 9.17) is 0 Å². The van der Waals surface area contributed by atoms with Crippen LogP contribution in [-0.2, 0) is 19.1 Å². The fraction of sp³-hybridized carbons (Fsp3) is 0.250. The van der Waals surface area contributed by atoms with Crippen molar-refractivity contribution in [2.45, 2.75) is 32.1 Å². The molecule has 5 rings (SSSR count). The molecule has 1 aliphatic rings. The highest BCUT2D eigenvalue weighted by atomic mass is 32.1. The van der Waals surface area contributed by atoms with Crippen molar-refractivity contribution >= 4 is 28.4 Å². The number of halogens is 3. The maximum absolute atomic E-state index is 13.0. The van der Waals surface area contributed by atoms with Crippen LogP contribution in [0.4, 0.5) is 18.9 Å². The van der Waals surface area contributed by atoms with Gasteiger partial charge in [0, 0.05) is 58.7 Å². The molecular weight excluding hydrogens is 447 g/mol. The van der Waals surface area contributed by atoms with Crippen LogP contribution in [0.1, 0.15) is 40.2 Å². The Balaban J connectivity index is 1.33. The molecule has 0 radical (unpaired) electrons. The van der Waals surface area contributed by atoms with Gasteiger partial charge in [-0.05, 0) is 37.1 Å². The maximum atomic E-state index is 13.0. The third kappa shape index (κ3) is 4.14. The SMILES string of the molecule is C=C(Nc1cccc(C(F)(F)F)c1)c1csc2c1CCN(Cc1cnc3cnccn13)C2C. The Bertz CT molecular complexity index is 1320. The summed E-state index contributed by atoms with van der Waals surface area (Å²) in [4.78, 5) is 12.2. The zero-order chi connectivity index (χ0) is 23.2. The predicted octanol–water partition coefficient (Wildman–Crippen LogP) is 6.01. The van der Waals surface area contributed by atoms with Gasteiger partial charge < -0.3 is 5.32 Å². The van der Waals surface area contributed by atoms with Gasteiger partial charge in [0.25, 0.3) is 0 Å². The first-order valence-corrected chi connectivity index (χ1v) is 11.4. The standard InChI is InChI=1S/C24H22F3N5S/c1-15(30-18-5-3-4-17(10-18)24(25,26)27)21-14-33-23-16(2)31(8-6-20(21)23)13-19-11-29-22-12-28-7-9-32(19)22/h3-5,7,9-12,14,16,30H,1,6,8,13H2,2H3. The van der Waals surface area contributed by atoms with E-state index in [2.05, 4.69) is 38.1 Å². The molecule has 170 valence electrons. The van der Waals surface area contributed by atoms with Crippen molar-refractivity contribution in [1.29, 1.82) is 0 Å². The zero-order valence-electron chi connectivity index (χ0n) is 17.9. The summed E-state index contributed by atoms with van der Waals surface area (Å²) in [5.41, 5.74) is 4.43. The molecule has 0 saturated carbocycles. The van der Waals surface area contributed by atoms with Crippen molar-refractivity contribution in [1.82, 2.24) is 19.3 Å². The Kier molecular flexibility index (Phi) is 5.46. The highest BCUT2D eigenvalue weighted by molar-refractivity contribution is 7.10. The Labute approximate surface area is 193 Å². The number of hydrogen-bond acceptors (Lipinski definition) is 5. The number of nitrogens with zero attached hydrogens (tertiary/aromatic N) is 4. The molecule has 0 bridgehead atoms. The number of fused-ring (bicyclic) bond motifs is 2. The highest BCUT2D eigenvalue weighted by Gasteiger charge is 2.31. The van der Waals surface area contributed by atoms with Crippen molar-refractivity contribution in [2.24, 2.45) is 0 Å². The number of aromatic nitrogens is 3. The first-order valence-electron chi connectivity index (χ1n) is 10.5. The molecule has 3 aromatic heterocycles. The summed E-state index contributed by atoms with van der Waals surface area (Å²) in [6, 6.07) is 5.41. The molecule has 0 saturated heterocycles. The van der Waals surface area contributed by atoms with Crippen LogP contribution in [0.2, 0.25) is 0 Å². The van der Waals surface area contributed by atoms with Crippen molar-refractivity contribution in [3.05, 3.63) is 88.3 Å². The van der Waals surface area contributed by atoms with Crippen LogP contribution in [0.5, 0.6) is 0 Å². The van der Waals surface area contributed by atoms with E-state index >= 15 is 0 Å². The van der Waals surface area contributed by atoms with Gasteiger partial charge in [0.1, 0.15) is 0 Å². The van der Waals surface area contributed by atoms with Crippen LogP contribution < -0.4 is 5.32 Å². The van der Waals surface area contributed by atoms with E-state index in [-0.39, 0.29) is 6.04 Å². The first kappa shape index (κ1) is 21.7. The molecule has 1 unspecified atom stereocenters. The second-order valence-corrected chi connectivity index (χ2v) is 9.04. The van der Waals surface area contributed by atoms with Gasteiger partial charge in [-0.15, -0.1) is 11.3 Å². The molecule has 1 N–H and O–H groups in total. The molecule has 1 aromatic carbocycles. The minimum absolute atomic E-state index is 0.209. The lowest BCUT2D eigenvalue weighted by molar-refractivity contribution is -0.137. The Hall–Kier alpha value is -3.17. The molecule has 4 aromatic rings. The van der Waals surface area contributed by atoms with Gasteiger partial charge >= 0.3 is 6.18 Å². The highest BCUT2D eigenvalue weighted by Crippen LogP contribution is 2.39. The lowest BCUT2D eigenvalue weighted by atomic mass is 9.97. The number of alkyl halides is 3. The van der Waals surface area contributed by atoms with Gasteiger partial charge in [-0.2, -0.15) is 13.2 Å². The van der Waals surface area contributed by atoms with Crippen LogP contribution in [0.25, 0.3) is 11.3 Å². The number of hydrogen-bond donors (Lipinski definition) is 1. The number of benzene rings is 1. The Morgan fingerprint density at radius 3 is 2.97 bits per heavy atom. The number of anilines is 1. The summed E-state index contributed by atoms with van der Waals surface area (Å²) in [6.45, 7) is 7.94. The zero-order valence-corrected chi connectivity index (χ0v) is 18.7. The number of nitrogens with one attached hydrogen (secondary N) is 1. The molecule has 1 atom stereocenters. The van der Waals surface area contributed by atoms with Crippen LogP contribution in [0, 0.1) is 0 Å². The van der Waals surface area contributed by atoms with E-state index in [9.17, 15) is 13.2 Å². The molecular formula is C24H22F3N5S. The van der Waals surface area contributed by atoms with Crippen LogP contribution in [0.3, 0.4) is 0 Å². The van der Waals surface area contributed by atoms with E-state index < -0.39 is 11.7 Å². The fourth-order valence-electron chi connectivity index (χ4n) is 4.32. The molecule has 0 fully saturated rings. The largest absolute Gasteiger partial charge is 0.416 e. The minimum Gasteiger partial charge on any atom is -0.355 e. The van der Waals surface area contributed by atoms with E-state index in [0.717, 1.165) is 48.5 Å². The van der Waals surface area contributed by atoms with Gasteiger partial charge in [-0.3, -0.25) is 14.3 Å². The quantitative estimate of drug-likeness (QED) is 0.389. The summed E-state index contributed by atoms with van der Waals surface area (Å²) >= 11 is 1.67. The molecule has 0 aliphatic carbocycles. The molecule has 0 spiro atoms. The average molecular weight is 470 g/mol. The lowest BCUT2D eigenvalue weighted by Gasteiger charge is -2.33. The maximum Gasteiger partial charge on any atom is 0.416 e. The Morgan fingerprint density at radius 2 is 2.15 bits per heavy atom. The van der Waals surface area contributed by atoms with Crippen LogP contribution in [-0.4, -0.2) is 25.8 Å². The summed E-state index contributed by atoms with van der Waals surface area (Å²) in [5, 5.41) is 5.12. The minimum atomic E-state index is -4.38. The second-order valence-electron chi connectivity index (χ2n) is 8.12. The summed E-state index contributed by atoms with van der Waals surface area (Å²) in [5.74, 6) is 0. The normalized spacial score (nSPS) is 16.7. The van der Waals surface area contributed by atoms with Crippen molar-refractivity contribution in [3.8, 4) is 0 Å². The van der Waals surface area contributed by atoms with Gasteiger partial charge in [0.2, 0.25) is 0 Å². The summed E-state index contributed by atoms with van der Waals surface area (Å²) in [6.07, 6.45) is 3.78. The lowest BCUT2D eigenvalue weighted by Crippen LogP contribution is -2.33. The molecule has 9 heteroatoms. The first-order chi connectivity index (χ1) is 15.8. The predicted molar refractivity (Wildman–Crippen MR) is 124 cm³/mol. The molecule has 33 heavy (non-hydrogen) atoms. The molecule has 0 amide bonds. The third-order valence-electron chi connectivity index (χ3n) is 6.07. The van der Waals surface area contributed by atoms with Crippen LogP contribution >= 0.6 is 11.3 Å². The van der Waals surface area contributed by atoms with Crippen molar-refractivity contribution in [3.63, 3.8) is 0 Å². The van der Waals surface area contributed by atoms with Gasteiger partial charge in [0.05, 0.1) is 23.7 Å². The van der Waals surface area contributed by atoms with E-state index in [1.807, 2.05) is 17.8 Å². The molecule has 4 heterocycles. The van der Waals surface area contributed by atoms with E-state index in [1.165, 1.54) is 16.5 Å². The third-order valence-corrected chi connectivity index (χ3v) is 7.27. The monoisotopic (exact) mass is 469 g/mol. The van der Waals surface area contributed by atoms with Crippen molar-refractivity contribution in [2.75, 3.05) is 11.9 Å². The van der Waals surface area contributed by atoms with Crippen LogP contribution in [0.15, 0.2) is 61.0 Å². The number of rotatable bonds is 5. The van der Waals surface area contributed by atoms with Gasteiger partial charge in [-0.25, -0.2) is 4.98 Å². The Morgan fingerprint density at radius 1 is 1.30 bits per heavy atom.